The zero-order chi connectivity index (χ0) is 13.5. The third-order valence-electron chi connectivity index (χ3n) is 2.04. The highest BCUT2D eigenvalue weighted by molar-refractivity contribution is 5.95. The van der Waals surface area contributed by atoms with Crippen molar-refractivity contribution in [1.82, 2.24) is 0 Å². The Kier molecular flexibility index (Phi) is 4.76. The molecule has 2 N–H and O–H groups in total. The second-order valence-electron chi connectivity index (χ2n) is 3.26. The number of rotatable bonds is 2. The highest BCUT2D eigenvalue weighted by Crippen LogP contribution is 2.14. The lowest BCUT2D eigenvalue weighted by Gasteiger charge is -2.05. The summed E-state index contributed by atoms with van der Waals surface area (Å²) < 4.78 is 9.23. The van der Waals surface area contributed by atoms with Crippen LogP contribution in [0, 0.1) is 11.8 Å². The minimum Gasteiger partial charge on any atom is -0.462 e. The van der Waals surface area contributed by atoms with Crippen LogP contribution < -0.4 is 5.73 Å². The van der Waals surface area contributed by atoms with Crippen molar-refractivity contribution in [2.45, 2.75) is 6.92 Å². The molecule has 0 heterocycles. The van der Waals surface area contributed by atoms with Crippen LogP contribution in [-0.4, -0.2) is 25.7 Å². The molecule has 0 spiro atoms. The first-order valence-electron chi connectivity index (χ1n) is 5.25. The quantitative estimate of drug-likeness (QED) is 0.478. The Balaban J connectivity index is 3.03. The van der Waals surface area contributed by atoms with Gasteiger partial charge in [-0.25, -0.2) is 9.59 Å². The molecule has 0 aliphatic carbocycles. The lowest BCUT2D eigenvalue weighted by molar-refractivity contribution is -0.133. The van der Waals surface area contributed by atoms with Crippen molar-refractivity contribution in [2.24, 2.45) is 0 Å². The zero-order valence-electron chi connectivity index (χ0n) is 10.1. The number of ether oxygens (including phenoxy) is 2. The second kappa shape index (κ2) is 6.30. The van der Waals surface area contributed by atoms with Gasteiger partial charge in [-0.3, -0.25) is 0 Å². The van der Waals surface area contributed by atoms with Crippen LogP contribution in [-0.2, 0) is 14.3 Å². The molecule has 0 aliphatic heterocycles. The maximum atomic E-state index is 11.6. The van der Waals surface area contributed by atoms with Gasteiger partial charge in [0.1, 0.15) is 0 Å². The molecule has 0 aromatic heterocycles. The van der Waals surface area contributed by atoms with Gasteiger partial charge in [0.05, 0.1) is 19.3 Å². The van der Waals surface area contributed by atoms with Gasteiger partial charge in [-0.1, -0.05) is 5.92 Å². The number of carbonyl (C=O) groups excluding carboxylic acids is 2. The van der Waals surface area contributed by atoms with Crippen LogP contribution in [0.15, 0.2) is 18.2 Å². The lowest BCUT2D eigenvalue weighted by Crippen LogP contribution is -2.08. The van der Waals surface area contributed by atoms with Crippen molar-refractivity contribution >= 4 is 17.6 Å². The number of hydrogen-bond donors (Lipinski definition) is 1. The van der Waals surface area contributed by atoms with Gasteiger partial charge in [-0.15, -0.1) is 0 Å². The molecule has 5 nitrogen and oxygen atoms in total. The van der Waals surface area contributed by atoms with E-state index in [0.717, 1.165) is 0 Å². The first kappa shape index (κ1) is 13.6. The summed E-state index contributed by atoms with van der Waals surface area (Å²) in [6.45, 7) is 1.96. The molecule has 0 saturated carbocycles. The summed E-state index contributed by atoms with van der Waals surface area (Å²) in [6.07, 6.45) is 0. The van der Waals surface area contributed by atoms with Crippen LogP contribution in [0.4, 0.5) is 5.69 Å². The zero-order valence-corrected chi connectivity index (χ0v) is 10.1. The van der Waals surface area contributed by atoms with Gasteiger partial charge in [0.25, 0.3) is 0 Å². The first-order chi connectivity index (χ1) is 8.58. The first-order valence-corrected chi connectivity index (χ1v) is 5.25. The van der Waals surface area contributed by atoms with E-state index in [1.807, 2.05) is 0 Å². The summed E-state index contributed by atoms with van der Waals surface area (Å²) in [4.78, 5) is 22.4. The van der Waals surface area contributed by atoms with Crippen molar-refractivity contribution in [3.05, 3.63) is 29.3 Å². The Morgan fingerprint density at radius 1 is 1.39 bits per heavy atom. The molecule has 0 aliphatic rings. The van der Waals surface area contributed by atoms with Crippen molar-refractivity contribution in [1.29, 1.82) is 0 Å². The minimum absolute atomic E-state index is 0.230. The standard InChI is InChI=1S/C13H13NO4/c1-3-18-13(16)10-8-9(4-6-11(10)14)5-7-12(15)17-2/h4,6,8H,3,14H2,1-2H3. The van der Waals surface area contributed by atoms with E-state index in [2.05, 4.69) is 16.6 Å². The van der Waals surface area contributed by atoms with Crippen LogP contribution >= 0.6 is 0 Å². The fraction of sp³-hybridized carbons (Fsp3) is 0.231. The van der Waals surface area contributed by atoms with E-state index in [1.165, 1.54) is 19.2 Å². The van der Waals surface area contributed by atoms with Crippen molar-refractivity contribution in [3.8, 4) is 11.8 Å². The summed E-state index contributed by atoms with van der Waals surface area (Å²) in [5, 5.41) is 0. The number of benzene rings is 1. The summed E-state index contributed by atoms with van der Waals surface area (Å²) in [6, 6.07) is 4.62. The number of hydrogen-bond acceptors (Lipinski definition) is 5. The summed E-state index contributed by atoms with van der Waals surface area (Å²) in [7, 11) is 1.24. The van der Waals surface area contributed by atoms with Crippen molar-refractivity contribution in [2.75, 3.05) is 19.5 Å². The molecule has 94 valence electrons. The Hall–Kier alpha value is -2.48. The molecule has 1 aromatic carbocycles. The average Bonchev–Trinajstić information content (AvgIpc) is 2.37. The summed E-state index contributed by atoms with van der Waals surface area (Å²) in [5.41, 5.74) is 6.68. The molecule has 0 amide bonds. The third-order valence-corrected chi connectivity index (χ3v) is 2.04. The maximum Gasteiger partial charge on any atom is 0.384 e. The van der Waals surface area contributed by atoms with Crippen LogP contribution in [0.3, 0.4) is 0 Å². The monoisotopic (exact) mass is 247 g/mol. The molecule has 18 heavy (non-hydrogen) atoms. The highest BCUT2D eigenvalue weighted by Gasteiger charge is 2.10. The number of carbonyl (C=O) groups is 2. The van der Waals surface area contributed by atoms with Gasteiger partial charge in [0.15, 0.2) is 0 Å². The van der Waals surface area contributed by atoms with E-state index in [-0.39, 0.29) is 12.2 Å². The Bertz CT molecular complexity index is 526. The maximum absolute atomic E-state index is 11.6. The highest BCUT2D eigenvalue weighted by atomic mass is 16.5. The van der Waals surface area contributed by atoms with Gasteiger partial charge >= 0.3 is 11.9 Å². The molecule has 0 atom stereocenters. The minimum atomic E-state index is -0.649. The predicted molar refractivity (Wildman–Crippen MR) is 65.7 cm³/mol. The number of methoxy groups -OCH3 is 1. The van der Waals surface area contributed by atoms with E-state index >= 15 is 0 Å². The van der Waals surface area contributed by atoms with E-state index in [9.17, 15) is 9.59 Å². The SMILES string of the molecule is CCOC(=O)c1cc(C#CC(=O)OC)ccc1N. The molecule has 0 fully saturated rings. The summed E-state index contributed by atoms with van der Waals surface area (Å²) >= 11 is 0. The molecule has 1 aromatic rings. The molecule has 1 rings (SSSR count). The van der Waals surface area contributed by atoms with Crippen molar-refractivity contribution in [3.63, 3.8) is 0 Å². The van der Waals surface area contributed by atoms with Crippen LogP contribution in [0.25, 0.3) is 0 Å². The van der Waals surface area contributed by atoms with Crippen LogP contribution in [0.1, 0.15) is 22.8 Å². The Labute approximate surface area is 105 Å². The molecule has 0 bridgehead atoms. The van der Waals surface area contributed by atoms with Gasteiger partial charge < -0.3 is 15.2 Å². The predicted octanol–water partition coefficient (Wildman–Crippen LogP) is 0.970. The number of nitrogen functional groups attached to an aromatic ring is 1. The molecular weight excluding hydrogens is 234 g/mol. The molecule has 5 heteroatoms. The third kappa shape index (κ3) is 3.52. The van der Waals surface area contributed by atoms with Gasteiger partial charge in [-0.2, -0.15) is 0 Å². The fourth-order valence-corrected chi connectivity index (χ4v) is 1.19. The number of esters is 2. The Morgan fingerprint density at radius 3 is 2.72 bits per heavy atom. The Morgan fingerprint density at radius 2 is 2.11 bits per heavy atom. The molecule has 0 unspecified atom stereocenters. The number of nitrogens with two attached hydrogens (primary N) is 1. The van der Waals surface area contributed by atoms with Gasteiger partial charge in [0, 0.05) is 17.2 Å². The average molecular weight is 247 g/mol. The normalized spacial score (nSPS) is 9.00. The topological polar surface area (TPSA) is 78.6 Å². The smallest absolute Gasteiger partial charge is 0.384 e. The van der Waals surface area contributed by atoms with E-state index in [1.54, 1.807) is 13.0 Å². The van der Waals surface area contributed by atoms with Crippen LogP contribution in [0.5, 0.6) is 0 Å². The van der Waals surface area contributed by atoms with E-state index in [4.69, 9.17) is 10.5 Å². The lowest BCUT2D eigenvalue weighted by atomic mass is 10.1. The molecule has 0 saturated heterocycles. The van der Waals surface area contributed by atoms with Gasteiger partial charge in [0.2, 0.25) is 0 Å². The van der Waals surface area contributed by atoms with E-state index < -0.39 is 11.9 Å². The van der Waals surface area contributed by atoms with Crippen LogP contribution in [0.2, 0.25) is 0 Å². The fourth-order valence-electron chi connectivity index (χ4n) is 1.19. The summed E-state index contributed by atoms with van der Waals surface area (Å²) in [5.74, 6) is 3.67. The van der Waals surface area contributed by atoms with Gasteiger partial charge in [-0.05, 0) is 25.1 Å². The van der Waals surface area contributed by atoms with Crippen molar-refractivity contribution < 1.29 is 19.1 Å². The molecular formula is C13H13NO4. The number of anilines is 1. The second-order valence-corrected chi connectivity index (χ2v) is 3.26. The van der Waals surface area contributed by atoms with E-state index in [0.29, 0.717) is 11.3 Å². The largest absolute Gasteiger partial charge is 0.462 e. The molecule has 0 radical (unpaired) electrons.